The third-order valence-electron chi connectivity index (χ3n) is 5.96. The molecule has 2 amide bonds. The Balaban J connectivity index is 1.54. The van der Waals surface area contributed by atoms with E-state index in [0.717, 1.165) is 24.1 Å². The highest BCUT2D eigenvalue weighted by molar-refractivity contribution is 5.89. The second-order valence-electron chi connectivity index (χ2n) is 8.52. The maximum absolute atomic E-state index is 13.2. The Kier molecular flexibility index (Phi) is 5.53. The van der Waals surface area contributed by atoms with Crippen molar-refractivity contribution in [3.05, 3.63) is 23.6 Å². The first-order chi connectivity index (χ1) is 14.3. The molecule has 0 saturated carbocycles. The highest BCUT2D eigenvalue weighted by Crippen LogP contribution is 2.33. The highest BCUT2D eigenvalue weighted by atomic mass is 16.5. The van der Waals surface area contributed by atoms with E-state index in [1.807, 2.05) is 25.7 Å². The zero-order valence-corrected chi connectivity index (χ0v) is 18.0. The maximum Gasteiger partial charge on any atom is 0.228 e. The molecule has 160 valence electrons. The molecule has 2 aliphatic heterocycles. The zero-order valence-electron chi connectivity index (χ0n) is 18.0. The number of aryl methyl sites for hydroxylation is 2. The minimum Gasteiger partial charge on any atom is -0.342 e. The summed E-state index contributed by atoms with van der Waals surface area (Å²) in [7, 11) is 0. The number of amides is 2. The van der Waals surface area contributed by atoms with Crippen LogP contribution in [0.4, 0.5) is 0 Å². The van der Waals surface area contributed by atoms with Gasteiger partial charge in [0, 0.05) is 51.1 Å². The van der Waals surface area contributed by atoms with Crippen LogP contribution in [0.25, 0.3) is 11.4 Å². The van der Waals surface area contributed by atoms with Gasteiger partial charge in [0.2, 0.25) is 23.5 Å². The summed E-state index contributed by atoms with van der Waals surface area (Å²) in [6, 6.07) is 0.120. The molecule has 9 heteroatoms. The first kappa shape index (κ1) is 20.4. The van der Waals surface area contributed by atoms with Gasteiger partial charge in [0.15, 0.2) is 0 Å². The molecule has 2 aromatic rings. The molecule has 0 aliphatic carbocycles. The Bertz CT molecular complexity index is 956. The summed E-state index contributed by atoms with van der Waals surface area (Å²) in [4.78, 5) is 42.5. The van der Waals surface area contributed by atoms with Crippen LogP contribution in [0.15, 0.2) is 10.7 Å². The fraction of sp³-hybridized carbons (Fsp3) is 0.619. The number of carbonyl (C=O) groups is 2. The molecule has 2 atom stereocenters. The molecule has 0 radical (unpaired) electrons. The number of likely N-dealkylation sites (tertiary alicyclic amines) is 2. The first-order valence-corrected chi connectivity index (χ1v) is 10.6. The lowest BCUT2D eigenvalue weighted by Gasteiger charge is -2.34. The lowest BCUT2D eigenvalue weighted by molar-refractivity contribution is -0.137. The highest BCUT2D eigenvalue weighted by Gasteiger charge is 2.39. The number of nitrogens with zero attached hydrogens (tertiary/aromatic N) is 6. The molecule has 2 aliphatic rings. The monoisotopic (exact) mass is 412 g/mol. The van der Waals surface area contributed by atoms with Crippen LogP contribution in [0.1, 0.15) is 56.4 Å². The summed E-state index contributed by atoms with van der Waals surface area (Å²) in [5, 5.41) is 4.03. The summed E-state index contributed by atoms with van der Waals surface area (Å²) in [5.74, 6) is 1.57. The number of piperidine rings is 1. The van der Waals surface area contributed by atoms with Gasteiger partial charge < -0.3 is 14.3 Å². The van der Waals surface area contributed by atoms with Crippen LogP contribution in [-0.2, 0) is 9.59 Å². The van der Waals surface area contributed by atoms with Crippen molar-refractivity contribution in [1.82, 2.24) is 29.9 Å². The summed E-state index contributed by atoms with van der Waals surface area (Å²) in [6.07, 6.45) is 3.85. The Hall–Kier alpha value is -2.84. The quantitative estimate of drug-likeness (QED) is 0.757. The van der Waals surface area contributed by atoms with E-state index < -0.39 is 0 Å². The van der Waals surface area contributed by atoms with Crippen LogP contribution in [0.5, 0.6) is 0 Å². The van der Waals surface area contributed by atoms with Crippen molar-refractivity contribution in [3.8, 4) is 11.4 Å². The lowest BCUT2D eigenvalue weighted by Crippen LogP contribution is -2.43. The molecular weight excluding hydrogens is 384 g/mol. The molecule has 4 heterocycles. The van der Waals surface area contributed by atoms with E-state index in [1.54, 1.807) is 18.0 Å². The molecule has 2 fully saturated rings. The average molecular weight is 412 g/mol. The number of hydrogen-bond acceptors (Lipinski definition) is 7. The number of rotatable bonds is 4. The van der Waals surface area contributed by atoms with Crippen molar-refractivity contribution in [2.45, 2.75) is 58.9 Å². The van der Waals surface area contributed by atoms with Crippen molar-refractivity contribution < 1.29 is 14.1 Å². The van der Waals surface area contributed by atoms with Crippen molar-refractivity contribution in [2.24, 2.45) is 5.92 Å². The van der Waals surface area contributed by atoms with Gasteiger partial charge in [0.05, 0.1) is 17.2 Å². The van der Waals surface area contributed by atoms with Crippen molar-refractivity contribution in [1.29, 1.82) is 0 Å². The van der Waals surface area contributed by atoms with E-state index in [1.165, 1.54) is 0 Å². The van der Waals surface area contributed by atoms with Crippen molar-refractivity contribution >= 4 is 11.8 Å². The van der Waals surface area contributed by atoms with Crippen LogP contribution in [0.2, 0.25) is 0 Å². The van der Waals surface area contributed by atoms with Gasteiger partial charge in [-0.3, -0.25) is 9.59 Å². The van der Waals surface area contributed by atoms with Gasteiger partial charge in [0.1, 0.15) is 5.82 Å². The maximum atomic E-state index is 13.2. The SMILES string of the molecule is Cc1ncc(-c2noc(C)n2)c([C@H]2CCCN(C(=O)[C@@H]3CC(=O)N(C(C)C)C3)C2)n1. The molecule has 0 unspecified atom stereocenters. The van der Waals surface area contributed by atoms with Crippen LogP contribution in [0.3, 0.4) is 0 Å². The number of hydrogen-bond donors (Lipinski definition) is 0. The van der Waals surface area contributed by atoms with Gasteiger partial charge in [0.25, 0.3) is 0 Å². The van der Waals surface area contributed by atoms with E-state index in [-0.39, 0.29) is 29.7 Å². The van der Waals surface area contributed by atoms with E-state index in [0.29, 0.717) is 43.6 Å². The topological polar surface area (TPSA) is 105 Å². The lowest BCUT2D eigenvalue weighted by atomic mass is 9.91. The Labute approximate surface area is 175 Å². The van der Waals surface area contributed by atoms with Gasteiger partial charge in [-0.15, -0.1) is 0 Å². The molecule has 2 aromatic heterocycles. The average Bonchev–Trinajstić information content (AvgIpc) is 3.33. The van der Waals surface area contributed by atoms with Gasteiger partial charge >= 0.3 is 0 Å². The summed E-state index contributed by atoms with van der Waals surface area (Å²) in [5.41, 5.74) is 1.60. The molecular formula is C21H28N6O3. The van der Waals surface area contributed by atoms with E-state index >= 15 is 0 Å². The van der Waals surface area contributed by atoms with Gasteiger partial charge in [-0.2, -0.15) is 4.98 Å². The fourth-order valence-corrected chi connectivity index (χ4v) is 4.43. The summed E-state index contributed by atoms with van der Waals surface area (Å²) < 4.78 is 5.14. The van der Waals surface area contributed by atoms with Crippen LogP contribution in [-0.4, -0.2) is 67.4 Å². The Morgan fingerprint density at radius 3 is 2.70 bits per heavy atom. The van der Waals surface area contributed by atoms with Crippen LogP contribution < -0.4 is 0 Å². The molecule has 2 saturated heterocycles. The predicted molar refractivity (Wildman–Crippen MR) is 108 cm³/mol. The molecule has 30 heavy (non-hydrogen) atoms. The number of carbonyl (C=O) groups excluding carboxylic acids is 2. The third-order valence-corrected chi connectivity index (χ3v) is 5.96. The van der Waals surface area contributed by atoms with Crippen molar-refractivity contribution in [3.63, 3.8) is 0 Å². The Morgan fingerprint density at radius 1 is 1.23 bits per heavy atom. The second-order valence-corrected chi connectivity index (χ2v) is 8.52. The van der Waals surface area contributed by atoms with Gasteiger partial charge in [-0.25, -0.2) is 9.97 Å². The van der Waals surface area contributed by atoms with Crippen LogP contribution in [0, 0.1) is 19.8 Å². The normalized spacial score (nSPS) is 22.2. The van der Waals surface area contributed by atoms with Gasteiger partial charge in [-0.05, 0) is 33.6 Å². The summed E-state index contributed by atoms with van der Waals surface area (Å²) in [6.45, 7) is 9.37. The first-order valence-electron chi connectivity index (χ1n) is 10.6. The molecule has 4 rings (SSSR count). The minimum atomic E-state index is -0.259. The minimum absolute atomic E-state index is 0.0662. The molecule has 0 aromatic carbocycles. The molecule has 0 spiro atoms. The smallest absolute Gasteiger partial charge is 0.228 e. The van der Waals surface area contributed by atoms with E-state index in [9.17, 15) is 9.59 Å². The standard InChI is InChI=1S/C21H28N6O3/c1-12(2)27-11-16(8-18(27)28)21(29)26-7-5-6-15(10-26)19-17(9-22-13(3)23-19)20-24-14(4)30-25-20/h9,12,15-16H,5-8,10-11H2,1-4H3/t15-,16+/m0/s1. The molecule has 0 bridgehead atoms. The predicted octanol–water partition coefficient (Wildman–Crippen LogP) is 2.11. The second kappa shape index (κ2) is 8.12. The van der Waals surface area contributed by atoms with E-state index in [2.05, 4.69) is 20.1 Å². The van der Waals surface area contributed by atoms with Gasteiger partial charge in [-0.1, -0.05) is 5.16 Å². The van der Waals surface area contributed by atoms with E-state index in [4.69, 9.17) is 4.52 Å². The summed E-state index contributed by atoms with van der Waals surface area (Å²) >= 11 is 0. The molecule has 0 N–H and O–H groups in total. The zero-order chi connectivity index (χ0) is 21.4. The Morgan fingerprint density at radius 2 is 2.03 bits per heavy atom. The third kappa shape index (κ3) is 3.93. The number of aromatic nitrogens is 4. The van der Waals surface area contributed by atoms with Crippen molar-refractivity contribution in [2.75, 3.05) is 19.6 Å². The molecule has 9 nitrogen and oxygen atoms in total. The fourth-order valence-electron chi connectivity index (χ4n) is 4.43. The van der Waals surface area contributed by atoms with Crippen LogP contribution >= 0.6 is 0 Å². The largest absolute Gasteiger partial charge is 0.342 e.